The number of anilines is 1. The van der Waals surface area contributed by atoms with Gasteiger partial charge in [0.1, 0.15) is 5.82 Å². The Morgan fingerprint density at radius 3 is 2.61 bits per heavy atom. The van der Waals surface area contributed by atoms with Crippen molar-refractivity contribution in [2.24, 2.45) is 0 Å². The lowest BCUT2D eigenvalue weighted by Crippen LogP contribution is -2.05. The first-order chi connectivity index (χ1) is 8.50. The van der Waals surface area contributed by atoms with E-state index < -0.39 is 5.97 Å². The molecule has 92 valence electrons. The number of aryl methyl sites for hydroxylation is 1. The van der Waals surface area contributed by atoms with Crippen molar-refractivity contribution >= 4 is 23.4 Å². The molecule has 0 radical (unpaired) electrons. The quantitative estimate of drug-likeness (QED) is 0.812. The molecule has 3 N–H and O–H groups in total. The van der Waals surface area contributed by atoms with Crippen molar-refractivity contribution in [2.75, 3.05) is 5.73 Å². The Kier molecular flexibility index (Phi) is 3.16. The molecular weight excluding hydrogens is 254 g/mol. The highest BCUT2D eigenvalue weighted by atomic mass is 35.5. The topological polar surface area (TPSA) is 89.1 Å². The Labute approximate surface area is 108 Å². The summed E-state index contributed by atoms with van der Waals surface area (Å²) in [4.78, 5) is 19.0. The third-order valence-corrected chi connectivity index (χ3v) is 2.69. The third kappa shape index (κ3) is 2.12. The predicted octanol–water partition coefficient (Wildman–Crippen LogP) is 2.39. The van der Waals surface area contributed by atoms with Gasteiger partial charge in [0.05, 0.1) is 11.3 Å². The largest absolute Gasteiger partial charge is 0.478 e. The standard InChI is InChI=1S/C12H10ClN3O2/c1-6-9(10(14)16-12(13)15-6)7-4-2-3-5-8(7)11(17)18/h2-5H,1H3,(H,17,18)(H2,14,15,16). The van der Waals surface area contributed by atoms with E-state index in [0.29, 0.717) is 16.8 Å². The maximum Gasteiger partial charge on any atom is 0.336 e. The number of halogens is 1. The second-order valence-electron chi connectivity index (χ2n) is 3.69. The van der Waals surface area contributed by atoms with Crippen LogP contribution < -0.4 is 5.73 Å². The summed E-state index contributed by atoms with van der Waals surface area (Å²) in [6.07, 6.45) is 0. The summed E-state index contributed by atoms with van der Waals surface area (Å²) in [7, 11) is 0. The number of benzene rings is 1. The number of nitrogens with zero attached hydrogens (tertiary/aromatic N) is 2. The maximum absolute atomic E-state index is 11.2. The van der Waals surface area contributed by atoms with Crippen molar-refractivity contribution in [1.82, 2.24) is 9.97 Å². The van der Waals surface area contributed by atoms with Gasteiger partial charge in [0, 0.05) is 11.1 Å². The van der Waals surface area contributed by atoms with Crippen LogP contribution >= 0.6 is 11.6 Å². The monoisotopic (exact) mass is 263 g/mol. The molecule has 0 unspecified atom stereocenters. The molecule has 18 heavy (non-hydrogen) atoms. The highest BCUT2D eigenvalue weighted by molar-refractivity contribution is 6.28. The van der Waals surface area contributed by atoms with Gasteiger partial charge >= 0.3 is 5.97 Å². The minimum Gasteiger partial charge on any atom is -0.478 e. The number of hydrogen-bond acceptors (Lipinski definition) is 4. The van der Waals surface area contributed by atoms with Crippen molar-refractivity contribution < 1.29 is 9.90 Å². The number of carboxylic acid groups (broad SMARTS) is 1. The minimum atomic E-state index is -1.03. The van der Waals surface area contributed by atoms with E-state index in [2.05, 4.69) is 9.97 Å². The fourth-order valence-corrected chi connectivity index (χ4v) is 2.00. The zero-order valence-corrected chi connectivity index (χ0v) is 10.3. The normalized spacial score (nSPS) is 10.3. The summed E-state index contributed by atoms with van der Waals surface area (Å²) >= 11 is 5.69. The average molecular weight is 264 g/mol. The smallest absolute Gasteiger partial charge is 0.336 e. The average Bonchev–Trinajstić information content (AvgIpc) is 2.28. The van der Waals surface area contributed by atoms with E-state index in [1.165, 1.54) is 6.07 Å². The molecule has 5 nitrogen and oxygen atoms in total. The molecule has 0 atom stereocenters. The molecule has 1 heterocycles. The van der Waals surface area contributed by atoms with Crippen molar-refractivity contribution in [3.05, 3.63) is 40.8 Å². The molecule has 0 aliphatic rings. The molecule has 6 heteroatoms. The first kappa shape index (κ1) is 12.3. The van der Waals surface area contributed by atoms with Crippen LogP contribution in [0.1, 0.15) is 16.1 Å². The summed E-state index contributed by atoms with van der Waals surface area (Å²) in [5.41, 5.74) is 7.47. The number of aromatic nitrogens is 2. The Bertz CT molecular complexity index is 605. The van der Waals surface area contributed by atoms with Crippen LogP contribution in [-0.2, 0) is 0 Å². The van der Waals surface area contributed by atoms with E-state index >= 15 is 0 Å². The van der Waals surface area contributed by atoms with Crippen molar-refractivity contribution in [2.45, 2.75) is 6.92 Å². The van der Waals surface area contributed by atoms with Crippen molar-refractivity contribution in [3.63, 3.8) is 0 Å². The third-order valence-electron chi connectivity index (χ3n) is 2.52. The molecule has 2 rings (SSSR count). The van der Waals surface area contributed by atoms with Gasteiger partial charge in [-0.3, -0.25) is 0 Å². The van der Waals surface area contributed by atoms with Crippen LogP contribution in [0.3, 0.4) is 0 Å². The first-order valence-electron chi connectivity index (χ1n) is 5.13. The van der Waals surface area contributed by atoms with Crippen LogP contribution in [-0.4, -0.2) is 21.0 Å². The number of hydrogen-bond donors (Lipinski definition) is 2. The molecule has 0 fully saturated rings. The van der Waals surface area contributed by atoms with Crippen molar-refractivity contribution in [3.8, 4) is 11.1 Å². The molecule has 0 bridgehead atoms. The van der Waals surface area contributed by atoms with Gasteiger partial charge in [-0.2, -0.15) is 0 Å². The van der Waals surface area contributed by atoms with E-state index in [0.717, 1.165) is 0 Å². The van der Waals surface area contributed by atoms with Crippen LogP contribution in [0.5, 0.6) is 0 Å². The van der Waals surface area contributed by atoms with Crippen LogP contribution in [0.25, 0.3) is 11.1 Å². The molecule has 0 saturated heterocycles. The summed E-state index contributed by atoms with van der Waals surface area (Å²) in [6, 6.07) is 6.55. The Balaban J connectivity index is 2.74. The Hall–Kier alpha value is -2.14. The molecule has 2 aromatic rings. The SMILES string of the molecule is Cc1nc(Cl)nc(N)c1-c1ccccc1C(=O)O. The van der Waals surface area contributed by atoms with Gasteiger partial charge in [-0.1, -0.05) is 18.2 Å². The summed E-state index contributed by atoms with van der Waals surface area (Å²) in [5.74, 6) is -0.861. The maximum atomic E-state index is 11.2. The number of nitrogens with two attached hydrogens (primary N) is 1. The predicted molar refractivity (Wildman–Crippen MR) is 68.6 cm³/mol. The first-order valence-corrected chi connectivity index (χ1v) is 5.51. The molecule has 1 aromatic heterocycles. The Morgan fingerprint density at radius 1 is 1.33 bits per heavy atom. The summed E-state index contributed by atoms with van der Waals surface area (Å²) in [5, 5.41) is 9.20. The van der Waals surface area contributed by atoms with Gasteiger partial charge in [0.15, 0.2) is 0 Å². The molecule has 0 aliphatic heterocycles. The number of carboxylic acids is 1. The number of aromatic carboxylic acids is 1. The molecular formula is C12H10ClN3O2. The van der Waals surface area contributed by atoms with E-state index in [9.17, 15) is 4.79 Å². The molecule has 0 spiro atoms. The van der Waals surface area contributed by atoms with Crippen LogP contribution in [0, 0.1) is 6.92 Å². The lowest BCUT2D eigenvalue weighted by molar-refractivity contribution is 0.0698. The molecule has 0 aliphatic carbocycles. The zero-order valence-electron chi connectivity index (χ0n) is 9.51. The molecule has 0 saturated carbocycles. The number of carbonyl (C=O) groups is 1. The van der Waals surface area contributed by atoms with Gasteiger partial charge in [0.2, 0.25) is 5.28 Å². The number of rotatable bonds is 2. The highest BCUT2D eigenvalue weighted by Crippen LogP contribution is 2.30. The van der Waals surface area contributed by atoms with Crippen LogP contribution in [0.2, 0.25) is 5.28 Å². The van der Waals surface area contributed by atoms with Gasteiger partial charge in [-0.15, -0.1) is 0 Å². The lowest BCUT2D eigenvalue weighted by Gasteiger charge is -2.11. The van der Waals surface area contributed by atoms with Crippen LogP contribution in [0.15, 0.2) is 24.3 Å². The molecule has 0 amide bonds. The van der Waals surface area contributed by atoms with Crippen LogP contribution in [0.4, 0.5) is 5.82 Å². The van der Waals surface area contributed by atoms with Crippen molar-refractivity contribution in [1.29, 1.82) is 0 Å². The van der Waals surface area contributed by atoms with E-state index in [1.54, 1.807) is 25.1 Å². The van der Waals surface area contributed by atoms with E-state index in [-0.39, 0.29) is 16.7 Å². The van der Waals surface area contributed by atoms with Gasteiger partial charge in [0.25, 0.3) is 0 Å². The van der Waals surface area contributed by atoms with Gasteiger partial charge in [-0.25, -0.2) is 14.8 Å². The minimum absolute atomic E-state index is 0.0431. The lowest BCUT2D eigenvalue weighted by atomic mass is 9.99. The molecule has 1 aromatic carbocycles. The zero-order chi connectivity index (χ0) is 13.3. The Morgan fingerprint density at radius 2 is 2.00 bits per heavy atom. The van der Waals surface area contributed by atoms with E-state index in [4.69, 9.17) is 22.4 Å². The second-order valence-corrected chi connectivity index (χ2v) is 4.03. The second kappa shape index (κ2) is 4.62. The number of nitrogen functional groups attached to an aromatic ring is 1. The summed E-state index contributed by atoms with van der Waals surface area (Å²) < 4.78 is 0. The highest BCUT2D eigenvalue weighted by Gasteiger charge is 2.17. The van der Waals surface area contributed by atoms with E-state index in [1.807, 2.05) is 0 Å². The van der Waals surface area contributed by atoms with Gasteiger partial charge in [-0.05, 0) is 24.6 Å². The van der Waals surface area contributed by atoms with Gasteiger partial charge < -0.3 is 10.8 Å². The fraction of sp³-hybridized carbons (Fsp3) is 0.0833. The summed E-state index contributed by atoms with van der Waals surface area (Å²) in [6.45, 7) is 1.71. The fourth-order valence-electron chi connectivity index (χ4n) is 1.78.